The van der Waals surface area contributed by atoms with Crippen molar-refractivity contribution >= 4 is 27.5 Å². The van der Waals surface area contributed by atoms with Crippen molar-refractivity contribution in [3.63, 3.8) is 0 Å². The molecule has 2 heterocycles. The normalized spacial score (nSPS) is 13.1. The second-order valence-electron chi connectivity index (χ2n) is 2.68. The van der Waals surface area contributed by atoms with Crippen LogP contribution in [0.4, 0.5) is 0 Å². The van der Waals surface area contributed by atoms with Gasteiger partial charge in [0.15, 0.2) is 10.5 Å². The molecule has 0 aliphatic carbocycles. The fourth-order valence-electron chi connectivity index (χ4n) is 0.952. The number of rotatable bonds is 2. The van der Waals surface area contributed by atoms with Gasteiger partial charge in [0, 0.05) is 0 Å². The first-order valence-electron chi connectivity index (χ1n) is 3.89. The van der Waals surface area contributed by atoms with Gasteiger partial charge in [0.05, 0.1) is 17.2 Å². The number of aromatic nitrogens is 2. The summed E-state index contributed by atoms with van der Waals surface area (Å²) in [4.78, 5) is 4.11. The standard InChI is InChI=1S/C8H6BrClN2O2/c1-4(10)7-11-8(14-12-7)5-2-3-13-6(5)9/h2-4H,1H3. The zero-order valence-corrected chi connectivity index (χ0v) is 9.54. The van der Waals surface area contributed by atoms with Crippen LogP contribution in [-0.2, 0) is 0 Å². The minimum absolute atomic E-state index is 0.266. The highest BCUT2D eigenvalue weighted by Gasteiger charge is 2.16. The SMILES string of the molecule is CC(Cl)c1noc(-c2ccoc2Br)n1. The molecule has 0 spiro atoms. The molecule has 2 aromatic heterocycles. The molecular weight excluding hydrogens is 271 g/mol. The van der Waals surface area contributed by atoms with Gasteiger partial charge in [-0.2, -0.15) is 4.98 Å². The fraction of sp³-hybridized carbons (Fsp3) is 0.250. The Hall–Kier alpha value is -0.810. The van der Waals surface area contributed by atoms with Gasteiger partial charge in [-0.05, 0) is 28.9 Å². The summed E-state index contributed by atoms with van der Waals surface area (Å²) < 4.78 is 10.6. The molecule has 0 aromatic carbocycles. The highest BCUT2D eigenvalue weighted by atomic mass is 79.9. The van der Waals surface area contributed by atoms with Crippen molar-refractivity contribution in [2.24, 2.45) is 0 Å². The van der Waals surface area contributed by atoms with Crippen molar-refractivity contribution in [1.82, 2.24) is 10.1 Å². The lowest BCUT2D eigenvalue weighted by atomic mass is 10.3. The van der Waals surface area contributed by atoms with E-state index in [4.69, 9.17) is 20.5 Å². The molecule has 2 aromatic rings. The van der Waals surface area contributed by atoms with Gasteiger partial charge in [-0.1, -0.05) is 5.16 Å². The first-order chi connectivity index (χ1) is 6.68. The highest BCUT2D eigenvalue weighted by molar-refractivity contribution is 9.10. The number of halogens is 2. The first kappa shape index (κ1) is 9.73. The summed E-state index contributed by atoms with van der Waals surface area (Å²) in [7, 11) is 0. The van der Waals surface area contributed by atoms with Gasteiger partial charge in [0.2, 0.25) is 0 Å². The lowest BCUT2D eigenvalue weighted by Crippen LogP contribution is -1.86. The van der Waals surface area contributed by atoms with Crippen molar-refractivity contribution in [3.8, 4) is 11.5 Å². The first-order valence-corrected chi connectivity index (χ1v) is 5.12. The van der Waals surface area contributed by atoms with E-state index in [0.29, 0.717) is 16.4 Å². The number of hydrogen-bond acceptors (Lipinski definition) is 4. The molecule has 74 valence electrons. The quantitative estimate of drug-likeness (QED) is 0.790. The van der Waals surface area contributed by atoms with Crippen LogP contribution in [0.5, 0.6) is 0 Å². The fourth-order valence-corrected chi connectivity index (χ4v) is 1.45. The van der Waals surface area contributed by atoms with Crippen molar-refractivity contribution in [2.75, 3.05) is 0 Å². The Morgan fingerprint density at radius 1 is 1.57 bits per heavy atom. The Morgan fingerprint density at radius 2 is 2.36 bits per heavy atom. The number of hydrogen-bond donors (Lipinski definition) is 0. The molecule has 4 nitrogen and oxygen atoms in total. The van der Waals surface area contributed by atoms with E-state index in [2.05, 4.69) is 26.1 Å². The van der Waals surface area contributed by atoms with Crippen LogP contribution in [0.25, 0.3) is 11.5 Å². The molecule has 1 atom stereocenters. The van der Waals surface area contributed by atoms with Crippen LogP contribution in [0.3, 0.4) is 0 Å². The summed E-state index contributed by atoms with van der Waals surface area (Å²) in [5.41, 5.74) is 0.723. The average molecular weight is 278 g/mol. The van der Waals surface area contributed by atoms with Crippen LogP contribution in [0, 0.1) is 0 Å². The van der Waals surface area contributed by atoms with E-state index in [-0.39, 0.29) is 5.38 Å². The van der Waals surface area contributed by atoms with Crippen LogP contribution in [0.15, 0.2) is 25.9 Å². The maximum absolute atomic E-state index is 5.80. The van der Waals surface area contributed by atoms with E-state index in [1.807, 2.05) is 0 Å². The second kappa shape index (κ2) is 3.74. The molecule has 0 aliphatic rings. The van der Waals surface area contributed by atoms with Gasteiger partial charge in [-0.25, -0.2) is 0 Å². The summed E-state index contributed by atoms with van der Waals surface area (Å²) in [5, 5.41) is 3.47. The third-order valence-corrected chi connectivity index (χ3v) is 2.46. The molecule has 0 radical (unpaired) electrons. The van der Waals surface area contributed by atoms with Gasteiger partial charge >= 0.3 is 0 Å². The van der Waals surface area contributed by atoms with Crippen LogP contribution in [0.2, 0.25) is 0 Å². The zero-order chi connectivity index (χ0) is 10.1. The van der Waals surface area contributed by atoms with E-state index in [1.165, 1.54) is 6.26 Å². The van der Waals surface area contributed by atoms with Gasteiger partial charge in [-0.15, -0.1) is 11.6 Å². The molecule has 0 fully saturated rings. The van der Waals surface area contributed by atoms with Crippen LogP contribution in [0.1, 0.15) is 18.1 Å². The molecule has 1 unspecified atom stereocenters. The van der Waals surface area contributed by atoms with E-state index in [1.54, 1.807) is 13.0 Å². The lowest BCUT2D eigenvalue weighted by molar-refractivity contribution is 0.421. The number of nitrogens with zero attached hydrogens (tertiary/aromatic N) is 2. The lowest BCUT2D eigenvalue weighted by Gasteiger charge is -1.89. The number of alkyl halides is 1. The maximum atomic E-state index is 5.80. The van der Waals surface area contributed by atoms with Gasteiger partial charge in [-0.3, -0.25) is 0 Å². The third-order valence-electron chi connectivity index (χ3n) is 1.65. The molecule has 0 saturated heterocycles. The summed E-state index contributed by atoms with van der Waals surface area (Å²) >= 11 is 9.02. The monoisotopic (exact) mass is 276 g/mol. The molecule has 6 heteroatoms. The van der Waals surface area contributed by atoms with Crippen molar-refractivity contribution in [3.05, 3.63) is 22.8 Å². The van der Waals surface area contributed by atoms with Crippen LogP contribution in [-0.4, -0.2) is 10.1 Å². The van der Waals surface area contributed by atoms with E-state index < -0.39 is 0 Å². The Morgan fingerprint density at radius 3 is 2.86 bits per heavy atom. The average Bonchev–Trinajstić information content (AvgIpc) is 2.71. The van der Waals surface area contributed by atoms with Crippen molar-refractivity contribution in [1.29, 1.82) is 0 Å². The Kier molecular flexibility index (Phi) is 2.60. The molecular formula is C8H6BrClN2O2. The molecule has 0 N–H and O–H groups in total. The van der Waals surface area contributed by atoms with Gasteiger partial charge < -0.3 is 8.94 Å². The van der Waals surface area contributed by atoms with Gasteiger partial charge in [0.25, 0.3) is 5.89 Å². The van der Waals surface area contributed by atoms with E-state index >= 15 is 0 Å². The summed E-state index contributed by atoms with van der Waals surface area (Å²) in [5.74, 6) is 0.864. The van der Waals surface area contributed by atoms with E-state index in [0.717, 1.165) is 5.56 Å². The third kappa shape index (κ3) is 1.69. The Labute approximate surface area is 93.4 Å². The van der Waals surface area contributed by atoms with Gasteiger partial charge in [0.1, 0.15) is 0 Å². The van der Waals surface area contributed by atoms with Crippen LogP contribution < -0.4 is 0 Å². The molecule has 2 rings (SSSR count). The molecule has 0 bridgehead atoms. The minimum Gasteiger partial charge on any atom is -0.457 e. The summed E-state index contributed by atoms with van der Waals surface area (Å²) in [6.45, 7) is 1.78. The predicted molar refractivity (Wildman–Crippen MR) is 54.0 cm³/mol. The molecule has 0 saturated carbocycles. The summed E-state index contributed by atoms with van der Waals surface area (Å²) in [6, 6.07) is 1.74. The minimum atomic E-state index is -0.266. The molecule has 14 heavy (non-hydrogen) atoms. The predicted octanol–water partition coefficient (Wildman–Crippen LogP) is 3.39. The molecule has 0 aliphatic heterocycles. The van der Waals surface area contributed by atoms with Crippen LogP contribution >= 0.6 is 27.5 Å². The van der Waals surface area contributed by atoms with E-state index in [9.17, 15) is 0 Å². The zero-order valence-electron chi connectivity index (χ0n) is 7.20. The second-order valence-corrected chi connectivity index (χ2v) is 4.06. The smallest absolute Gasteiger partial charge is 0.262 e. The summed E-state index contributed by atoms with van der Waals surface area (Å²) in [6.07, 6.45) is 1.54. The Balaban J connectivity index is 2.39. The largest absolute Gasteiger partial charge is 0.457 e. The Bertz CT molecular complexity index is 438. The molecule has 0 amide bonds. The highest BCUT2D eigenvalue weighted by Crippen LogP contribution is 2.29. The maximum Gasteiger partial charge on any atom is 0.262 e. The number of furan rings is 1. The van der Waals surface area contributed by atoms with Crippen molar-refractivity contribution < 1.29 is 8.94 Å². The van der Waals surface area contributed by atoms with Crippen molar-refractivity contribution in [2.45, 2.75) is 12.3 Å². The topological polar surface area (TPSA) is 52.1 Å².